The Hall–Kier alpha value is -2.38. The highest BCUT2D eigenvalue weighted by Crippen LogP contribution is 2.36. The second-order valence-electron chi connectivity index (χ2n) is 7.22. The summed E-state index contributed by atoms with van der Waals surface area (Å²) in [7, 11) is 0. The maximum Gasteiger partial charge on any atom is 0.227 e. The van der Waals surface area contributed by atoms with Crippen LogP contribution in [0, 0.1) is 6.92 Å². The lowest BCUT2D eigenvalue weighted by Crippen LogP contribution is -2.32. The zero-order valence-electron chi connectivity index (χ0n) is 15.9. The Morgan fingerprint density at radius 1 is 1.21 bits per heavy atom. The van der Waals surface area contributed by atoms with Crippen LogP contribution in [0.15, 0.2) is 24.3 Å². The zero-order chi connectivity index (χ0) is 19.7. The fourth-order valence-corrected chi connectivity index (χ4v) is 4.15. The number of halogens is 1. The molecule has 1 amide bonds. The fourth-order valence-electron chi connectivity index (χ4n) is 3.91. The Balaban J connectivity index is 1.74. The number of nitrogens with two attached hydrogens (primary N) is 1. The minimum Gasteiger partial charge on any atom is -0.379 e. The molecule has 1 atom stereocenters. The topological polar surface area (TPSA) is 84.6 Å². The summed E-state index contributed by atoms with van der Waals surface area (Å²) in [5, 5.41) is 0.648. The first-order valence-corrected chi connectivity index (χ1v) is 9.96. The smallest absolute Gasteiger partial charge is 0.227 e. The predicted molar refractivity (Wildman–Crippen MR) is 110 cm³/mol. The van der Waals surface area contributed by atoms with Gasteiger partial charge in [0.2, 0.25) is 11.9 Å². The number of carbonyl (C=O) groups excluding carboxylic acids is 1. The molecule has 28 heavy (non-hydrogen) atoms. The third kappa shape index (κ3) is 3.77. The molecule has 2 fully saturated rings. The van der Waals surface area contributed by atoms with E-state index in [0.29, 0.717) is 24.7 Å². The highest BCUT2D eigenvalue weighted by atomic mass is 35.5. The molecule has 1 unspecified atom stereocenters. The van der Waals surface area contributed by atoms with Crippen LogP contribution >= 0.6 is 11.6 Å². The molecule has 0 saturated carbocycles. The van der Waals surface area contributed by atoms with Gasteiger partial charge in [-0.05, 0) is 43.5 Å². The fraction of sp³-hybridized carbons (Fsp3) is 0.450. The lowest BCUT2D eigenvalue weighted by Gasteiger charge is -2.32. The van der Waals surface area contributed by atoms with Crippen molar-refractivity contribution in [3.8, 4) is 0 Å². The number of aryl methyl sites for hydroxylation is 1. The molecule has 2 aliphatic rings. The molecule has 8 heteroatoms. The molecule has 2 N–H and O–H groups in total. The molecule has 0 bridgehead atoms. The van der Waals surface area contributed by atoms with E-state index < -0.39 is 0 Å². The zero-order valence-corrected chi connectivity index (χ0v) is 16.7. The Labute approximate surface area is 169 Å². The first-order chi connectivity index (χ1) is 13.5. The van der Waals surface area contributed by atoms with E-state index in [1.54, 1.807) is 0 Å². The van der Waals surface area contributed by atoms with Crippen molar-refractivity contribution < 1.29 is 9.53 Å². The van der Waals surface area contributed by atoms with Gasteiger partial charge in [0, 0.05) is 48.6 Å². The minimum atomic E-state index is -0.124. The summed E-state index contributed by atoms with van der Waals surface area (Å²) in [4.78, 5) is 24.8. The van der Waals surface area contributed by atoms with Gasteiger partial charge in [-0.15, -0.1) is 0 Å². The second kappa shape index (κ2) is 7.93. The molecule has 0 radical (unpaired) electrons. The van der Waals surface area contributed by atoms with Crippen molar-refractivity contribution in [2.75, 3.05) is 41.8 Å². The molecule has 148 valence electrons. The number of benzene rings is 1. The van der Waals surface area contributed by atoms with Crippen molar-refractivity contribution in [2.24, 2.45) is 0 Å². The van der Waals surface area contributed by atoms with Crippen molar-refractivity contribution in [3.63, 3.8) is 0 Å². The molecule has 1 aromatic carbocycles. The quantitative estimate of drug-likeness (QED) is 0.850. The van der Waals surface area contributed by atoms with Gasteiger partial charge in [-0.1, -0.05) is 11.6 Å². The number of ether oxygens (including phenoxy) is 1. The number of hydrogen-bond donors (Lipinski definition) is 1. The summed E-state index contributed by atoms with van der Waals surface area (Å²) in [5.41, 5.74) is 8.51. The van der Waals surface area contributed by atoms with E-state index in [1.165, 1.54) is 0 Å². The molecule has 3 heterocycles. The number of nitrogens with zero attached hydrogens (tertiary/aromatic N) is 4. The Morgan fingerprint density at radius 3 is 2.82 bits per heavy atom. The largest absolute Gasteiger partial charge is 0.379 e. The number of carbonyl (C=O) groups is 1. The molecule has 0 aliphatic carbocycles. The number of rotatable bonds is 3. The lowest BCUT2D eigenvalue weighted by atomic mass is 10.0. The number of aromatic nitrogens is 2. The van der Waals surface area contributed by atoms with Crippen LogP contribution in [0.5, 0.6) is 0 Å². The average Bonchev–Trinajstić information content (AvgIpc) is 2.94. The van der Waals surface area contributed by atoms with Gasteiger partial charge in [0.15, 0.2) is 0 Å². The summed E-state index contributed by atoms with van der Waals surface area (Å²) in [6, 6.07) is 7.58. The summed E-state index contributed by atoms with van der Waals surface area (Å²) in [6.07, 6.45) is 2.35. The normalized spacial score (nSPS) is 20.5. The van der Waals surface area contributed by atoms with Crippen LogP contribution in [0.3, 0.4) is 0 Å². The number of nitrogen functional groups attached to an aromatic ring is 1. The van der Waals surface area contributed by atoms with E-state index in [0.717, 1.165) is 48.7 Å². The Kier molecular flexibility index (Phi) is 5.37. The van der Waals surface area contributed by atoms with E-state index >= 15 is 0 Å². The van der Waals surface area contributed by atoms with E-state index in [4.69, 9.17) is 22.1 Å². The van der Waals surface area contributed by atoms with Gasteiger partial charge in [0.05, 0.1) is 12.6 Å². The van der Waals surface area contributed by atoms with Gasteiger partial charge in [-0.25, -0.2) is 4.98 Å². The summed E-state index contributed by atoms with van der Waals surface area (Å²) in [5.74, 6) is 1.17. The first kappa shape index (κ1) is 19.0. The molecule has 0 spiro atoms. The summed E-state index contributed by atoms with van der Waals surface area (Å²) >= 11 is 6.60. The summed E-state index contributed by atoms with van der Waals surface area (Å²) in [6.45, 7) is 4.57. The standard InChI is InChI=1S/C20H24ClN5O2/c1-13-10-18(24-20(22)23-13)26-8-3-9-28-12-17(26)15-11-14(5-6-16(15)21)25-7-2-4-19(25)27/h5-6,10-11,17H,2-4,7-9,12H2,1H3,(H2,22,23,24). The van der Waals surface area contributed by atoms with E-state index in [-0.39, 0.29) is 17.9 Å². The third-order valence-corrected chi connectivity index (χ3v) is 5.56. The molecule has 1 aromatic heterocycles. The number of amides is 1. The molecular formula is C20H24ClN5O2. The van der Waals surface area contributed by atoms with E-state index in [9.17, 15) is 4.79 Å². The molecule has 4 rings (SSSR count). The number of hydrogen-bond acceptors (Lipinski definition) is 6. The number of anilines is 3. The highest BCUT2D eigenvalue weighted by molar-refractivity contribution is 6.31. The molecule has 2 saturated heterocycles. The van der Waals surface area contributed by atoms with Gasteiger partial charge in [0.25, 0.3) is 0 Å². The van der Waals surface area contributed by atoms with Gasteiger partial charge in [0.1, 0.15) is 5.82 Å². The molecule has 7 nitrogen and oxygen atoms in total. The van der Waals surface area contributed by atoms with Crippen molar-refractivity contribution in [1.82, 2.24) is 9.97 Å². The average molecular weight is 402 g/mol. The highest BCUT2D eigenvalue weighted by Gasteiger charge is 2.29. The first-order valence-electron chi connectivity index (χ1n) is 9.58. The molecular weight excluding hydrogens is 378 g/mol. The van der Waals surface area contributed by atoms with Crippen molar-refractivity contribution in [2.45, 2.75) is 32.2 Å². The lowest BCUT2D eigenvalue weighted by molar-refractivity contribution is -0.117. The van der Waals surface area contributed by atoms with Gasteiger partial charge < -0.3 is 20.3 Å². The van der Waals surface area contributed by atoms with Crippen LogP contribution in [0.2, 0.25) is 5.02 Å². The van der Waals surface area contributed by atoms with Crippen LogP contribution in [-0.4, -0.2) is 42.2 Å². The monoisotopic (exact) mass is 401 g/mol. The second-order valence-corrected chi connectivity index (χ2v) is 7.63. The van der Waals surface area contributed by atoms with Crippen LogP contribution in [0.4, 0.5) is 17.5 Å². The van der Waals surface area contributed by atoms with Crippen LogP contribution in [0.1, 0.15) is 36.6 Å². The summed E-state index contributed by atoms with van der Waals surface area (Å²) < 4.78 is 5.86. The third-order valence-electron chi connectivity index (χ3n) is 5.22. The maximum absolute atomic E-state index is 12.2. The van der Waals surface area contributed by atoms with Crippen molar-refractivity contribution >= 4 is 35.0 Å². The molecule has 2 aliphatic heterocycles. The van der Waals surface area contributed by atoms with Crippen molar-refractivity contribution in [3.05, 3.63) is 40.5 Å². The SMILES string of the molecule is Cc1cc(N2CCCOCC2c2cc(N3CCCC3=O)ccc2Cl)nc(N)n1. The minimum absolute atomic E-state index is 0.124. The van der Waals surface area contributed by atoms with Gasteiger partial charge >= 0.3 is 0 Å². The molecule has 2 aromatic rings. The van der Waals surface area contributed by atoms with Gasteiger partial charge in [-0.3, -0.25) is 4.79 Å². The predicted octanol–water partition coefficient (Wildman–Crippen LogP) is 3.12. The Morgan fingerprint density at radius 2 is 2.07 bits per heavy atom. The van der Waals surface area contributed by atoms with Crippen molar-refractivity contribution in [1.29, 1.82) is 0 Å². The van der Waals surface area contributed by atoms with E-state index in [1.807, 2.05) is 36.1 Å². The van der Waals surface area contributed by atoms with Gasteiger partial charge in [-0.2, -0.15) is 4.98 Å². The Bertz CT molecular complexity index is 871. The van der Waals surface area contributed by atoms with E-state index in [2.05, 4.69) is 14.9 Å². The van der Waals surface area contributed by atoms with Crippen LogP contribution < -0.4 is 15.5 Å². The van der Waals surface area contributed by atoms with Crippen LogP contribution in [-0.2, 0) is 9.53 Å². The van der Waals surface area contributed by atoms with Crippen LogP contribution in [0.25, 0.3) is 0 Å². The maximum atomic E-state index is 12.2.